The van der Waals surface area contributed by atoms with Crippen LogP contribution < -0.4 is 5.32 Å². The molecular formula is C14H24N2O2S. The van der Waals surface area contributed by atoms with Crippen LogP contribution in [-0.4, -0.2) is 23.6 Å². The van der Waals surface area contributed by atoms with E-state index >= 15 is 0 Å². The van der Waals surface area contributed by atoms with E-state index in [0.29, 0.717) is 6.61 Å². The predicted octanol–water partition coefficient (Wildman–Crippen LogP) is 3.09. The van der Waals surface area contributed by atoms with Crippen LogP contribution in [-0.2, 0) is 16.0 Å². The number of rotatable bonds is 8. The van der Waals surface area contributed by atoms with E-state index in [-0.39, 0.29) is 18.1 Å². The molecule has 5 heteroatoms. The molecule has 0 amide bonds. The lowest BCUT2D eigenvalue weighted by molar-refractivity contribution is -0.146. The van der Waals surface area contributed by atoms with Gasteiger partial charge in [-0.05, 0) is 26.7 Å². The summed E-state index contributed by atoms with van der Waals surface area (Å²) in [6, 6.07) is -0.166. The number of hydrogen-bond donors (Lipinski definition) is 1. The lowest BCUT2D eigenvalue weighted by Gasteiger charge is -2.20. The van der Waals surface area contributed by atoms with Crippen LogP contribution in [0.2, 0.25) is 0 Å². The first kappa shape index (κ1) is 16.1. The third kappa shape index (κ3) is 4.91. The van der Waals surface area contributed by atoms with Crippen LogP contribution in [0.15, 0.2) is 6.20 Å². The summed E-state index contributed by atoms with van der Waals surface area (Å²) in [6.45, 7) is 8.48. The zero-order chi connectivity index (χ0) is 14.3. The van der Waals surface area contributed by atoms with Gasteiger partial charge >= 0.3 is 5.97 Å². The molecule has 2 unspecified atom stereocenters. The van der Waals surface area contributed by atoms with Crippen molar-refractivity contribution in [2.75, 3.05) is 6.61 Å². The van der Waals surface area contributed by atoms with Crippen molar-refractivity contribution >= 4 is 17.3 Å². The van der Waals surface area contributed by atoms with Crippen LogP contribution in [0.1, 0.15) is 56.5 Å². The Balaban J connectivity index is 2.64. The molecule has 2 atom stereocenters. The lowest BCUT2D eigenvalue weighted by Crippen LogP contribution is -2.39. The van der Waals surface area contributed by atoms with Crippen molar-refractivity contribution < 1.29 is 9.53 Å². The quantitative estimate of drug-likeness (QED) is 0.745. The molecule has 1 aromatic rings. The number of ether oxygens (including phenoxy) is 1. The van der Waals surface area contributed by atoms with Crippen LogP contribution >= 0.6 is 11.3 Å². The van der Waals surface area contributed by atoms with E-state index in [1.54, 1.807) is 11.3 Å². The zero-order valence-corrected chi connectivity index (χ0v) is 13.0. The minimum Gasteiger partial charge on any atom is -0.465 e. The maximum atomic E-state index is 11.9. The van der Waals surface area contributed by atoms with E-state index in [2.05, 4.69) is 24.1 Å². The number of nitrogens with one attached hydrogen (secondary N) is 1. The Kier molecular flexibility index (Phi) is 7.02. The lowest BCUT2D eigenvalue weighted by atomic mass is 10.1. The molecule has 108 valence electrons. The number of nitrogens with zero attached hydrogens (tertiary/aromatic N) is 1. The maximum absolute atomic E-state index is 11.9. The number of esters is 1. The SMILES string of the molecule is CCCC(NC(C)c1ncc(CC)s1)C(=O)OCC. The van der Waals surface area contributed by atoms with Crippen LogP contribution in [0.5, 0.6) is 0 Å². The topological polar surface area (TPSA) is 51.2 Å². The summed E-state index contributed by atoms with van der Waals surface area (Å²) >= 11 is 1.70. The molecule has 0 aliphatic rings. The third-order valence-corrected chi connectivity index (χ3v) is 4.21. The van der Waals surface area contributed by atoms with Crippen molar-refractivity contribution in [3.63, 3.8) is 0 Å². The van der Waals surface area contributed by atoms with Gasteiger partial charge in [-0.3, -0.25) is 10.1 Å². The number of thiazole rings is 1. The number of carbonyl (C=O) groups excluding carboxylic acids is 1. The van der Waals surface area contributed by atoms with Crippen molar-refractivity contribution in [3.8, 4) is 0 Å². The summed E-state index contributed by atoms with van der Waals surface area (Å²) in [5, 5.41) is 4.36. The van der Waals surface area contributed by atoms with Crippen LogP contribution in [0, 0.1) is 0 Å². The molecule has 0 fully saturated rings. The molecule has 0 spiro atoms. The Hall–Kier alpha value is -0.940. The van der Waals surface area contributed by atoms with Gasteiger partial charge in [0.15, 0.2) is 0 Å². The zero-order valence-electron chi connectivity index (χ0n) is 12.2. The Bertz CT molecular complexity index is 393. The fourth-order valence-corrected chi connectivity index (χ4v) is 2.73. The molecule has 0 radical (unpaired) electrons. The van der Waals surface area contributed by atoms with Crippen LogP contribution in [0.4, 0.5) is 0 Å². The average Bonchev–Trinajstić information content (AvgIpc) is 2.87. The molecule has 1 aromatic heterocycles. The van der Waals surface area contributed by atoms with Crippen molar-refractivity contribution in [2.24, 2.45) is 0 Å². The standard InChI is InChI=1S/C14H24N2O2S/c1-5-8-12(14(17)18-7-3)16-10(4)13-15-9-11(6-2)19-13/h9-10,12,16H,5-8H2,1-4H3. The molecule has 0 aromatic carbocycles. The van der Waals surface area contributed by atoms with Gasteiger partial charge in [0.25, 0.3) is 0 Å². The Labute approximate surface area is 119 Å². The van der Waals surface area contributed by atoms with E-state index in [9.17, 15) is 4.79 Å². The average molecular weight is 284 g/mol. The summed E-state index contributed by atoms with van der Waals surface area (Å²) < 4.78 is 5.10. The number of aromatic nitrogens is 1. The summed E-state index contributed by atoms with van der Waals surface area (Å²) in [6.07, 6.45) is 4.65. The van der Waals surface area contributed by atoms with Crippen LogP contribution in [0.25, 0.3) is 0 Å². The molecule has 0 saturated carbocycles. The highest BCUT2D eigenvalue weighted by molar-refractivity contribution is 7.11. The molecule has 0 aliphatic heterocycles. The molecule has 19 heavy (non-hydrogen) atoms. The summed E-state index contributed by atoms with van der Waals surface area (Å²) in [5.41, 5.74) is 0. The Morgan fingerprint density at radius 3 is 2.74 bits per heavy atom. The molecule has 1 heterocycles. The van der Waals surface area contributed by atoms with Gasteiger partial charge in [0.2, 0.25) is 0 Å². The normalized spacial score (nSPS) is 14.1. The van der Waals surface area contributed by atoms with Gasteiger partial charge in [0.1, 0.15) is 11.0 Å². The molecule has 0 bridgehead atoms. The van der Waals surface area contributed by atoms with Crippen LogP contribution in [0.3, 0.4) is 0 Å². The van der Waals surface area contributed by atoms with Gasteiger partial charge in [-0.25, -0.2) is 4.98 Å². The van der Waals surface area contributed by atoms with Gasteiger partial charge in [0.05, 0.1) is 12.6 Å². The number of aryl methyl sites for hydroxylation is 1. The summed E-state index contributed by atoms with van der Waals surface area (Å²) in [4.78, 5) is 17.5. The second-order valence-corrected chi connectivity index (χ2v) is 5.65. The largest absolute Gasteiger partial charge is 0.465 e. The van der Waals surface area contributed by atoms with Gasteiger partial charge in [-0.1, -0.05) is 20.3 Å². The number of hydrogen-bond acceptors (Lipinski definition) is 5. The van der Waals surface area contributed by atoms with Gasteiger partial charge in [-0.2, -0.15) is 0 Å². The van der Waals surface area contributed by atoms with Crippen molar-refractivity contribution in [2.45, 2.75) is 59.0 Å². The maximum Gasteiger partial charge on any atom is 0.323 e. The minimum atomic E-state index is -0.242. The van der Waals surface area contributed by atoms with E-state index < -0.39 is 0 Å². The van der Waals surface area contributed by atoms with E-state index in [0.717, 1.165) is 24.3 Å². The Morgan fingerprint density at radius 1 is 1.47 bits per heavy atom. The third-order valence-electron chi connectivity index (χ3n) is 2.89. The molecule has 1 rings (SSSR count). The van der Waals surface area contributed by atoms with Gasteiger partial charge in [0, 0.05) is 11.1 Å². The predicted molar refractivity (Wildman–Crippen MR) is 78.4 cm³/mol. The first-order chi connectivity index (χ1) is 9.12. The highest BCUT2D eigenvalue weighted by atomic mass is 32.1. The minimum absolute atomic E-state index is 0.0752. The molecular weight excluding hydrogens is 260 g/mol. The van der Waals surface area contributed by atoms with E-state index in [1.165, 1.54) is 4.88 Å². The Morgan fingerprint density at radius 2 is 2.21 bits per heavy atom. The van der Waals surface area contributed by atoms with Crippen molar-refractivity contribution in [3.05, 3.63) is 16.1 Å². The highest BCUT2D eigenvalue weighted by Gasteiger charge is 2.22. The molecule has 1 N–H and O–H groups in total. The first-order valence-electron chi connectivity index (χ1n) is 6.99. The second-order valence-electron chi connectivity index (χ2n) is 4.50. The fourth-order valence-electron chi connectivity index (χ4n) is 1.86. The monoisotopic (exact) mass is 284 g/mol. The molecule has 4 nitrogen and oxygen atoms in total. The smallest absolute Gasteiger partial charge is 0.323 e. The van der Waals surface area contributed by atoms with Crippen molar-refractivity contribution in [1.82, 2.24) is 10.3 Å². The highest BCUT2D eigenvalue weighted by Crippen LogP contribution is 2.21. The second kappa shape index (κ2) is 8.27. The van der Waals surface area contributed by atoms with Crippen molar-refractivity contribution in [1.29, 1.82) is 0 Å². The number of carbonyl (C=O) groups is 1. The molecule has 0 aliphatic carbocycles. The molecule has 0 saturated heterocycles. The first-order valence-corrected chi connectivity index (χ1v) is 7.81. The van der Waals surface area contributed by atoms with Gasteiger partial charge in [-0.15, -0.1) is 11.3 Å². The van der Waals surface area contributed by atoms with E-state index in [4.69, 9.17) is 4.74 Å². The van der Waals surface area contributed by atoms with E-state index in [1.807, 2.05) is 20.0 Å². The summed E-state index contributed by atoms with van der Waals surface area (Å²) in [5.74, 6) is -0.163. The van der Waals surface area contributed by atoms with Gasteiger partial charge < -0.3 is 4.74 Å². The fraction of sp³-hybridized carbons (Fsp3) is 0.714. The summed E-state index contributed by atoms with van der Waals surface area (Å²) in [7, 11) is 0.